The zero-order chi connectivity index (χ0) is 25.4. The predicted molar refractivity (Wildman–Crippen MR) is 131 cm³/mol. The van der Waals surface area contributed by atoms with Gasteiger partial charge in [-0.1, -0.05) is 24.3 Å². The molecule has 7 nitrogen and oxygen atoms in total. The Hall–Kier alpha value is -3.95. The van der Waals surface area contributed by atoms with Gasteiger partial charge in [0, 0.05) is 24.5 Å². The third kappa shape index (κ3) is 3.01. The minimum absolute atomic E-state index is 0.0291. The maximum absolute atomic E-state index is 15.6. The standard InChI is InChI=1S/C28H24F2N4O3/c29-18-11-10-17-23(24(18)30)20-8-5-14-31(20)19-7-2-1-6-16(19)25(17)34-22-9-3-4-13-32(22)28(37)26-27(36)21(35)12-15-33(26)34/h1-2,5-8,10-12,14-15,21-22,25,35-36H,3-4,9,13H2. The zero-order valence-corrected chi connectivity index (χ0v) is 19.8. The van der Waals surface area contributed by atoms with Crippen LogP contribution in [-0.2, 0) is 4.79 Å². The maximum atomic E-state index is 15.6. The average Bonchev–Trinajstić information content (AvgIpc) is 3.35. The summed E-state index contributed by atoms with van der Waals surface area (Å²) in [6, 6.07) is 13.4. The number of piperidine rings is 1. The van der Waals surface area contributed by atoms with E-state index in [1.54, 1.807) is 34.3 Å². The number of hydrogen-bond donors (Lipinski definition) is 2. The number of rotatable bonds is 1. The summed E-state index contributed by atoms with van der Waals surface area (Å²) in [4.78, 5) is 15.3. The highest BCUT2D eigenvalue weighted by atomic mass is 19.2. The summed E-state index contributed by atoms with van der Waals surface area (Å²) in [7, 11) is 0. The molecule has 37 heavy (non-hydrogen) atoms. The molecule has 1 amide bonds. The van der Waals surface area contributed by atoms with Gasteiger partial charge in [-0.25, -0.2) is 8.78 Å². The van der Waals surface area contributed by atoms with Crippen molar-refractivity contribution in [3.05, 3.63) is 101 Å². The van der Waals surface area contributed by atoms with Crippen molar-refractivity contribution in [3.63, 3.8) is 0 Å². The minimum Gasteiger partial charge on any atom is -0.507 e. The highest BCUT2D eigenvalue weighted by Crippen LogP contribution is 2.48. The van der Waals surface area contributed by atoms with E-state index in [9.17, 15) is 19.4 Å². The van der Waals surface area contributed by atoms with E-state index in [0.717, 1.165) is 30.2 Å². The van der Waals surface area contributed by atoms with Gasteiger partial charge in [-0.2, -0.15) is 5.01 Å². The first kappa shape index (κ1) is 22.3. The zero-order valence-electron chi connectivity index (χ0n) is 19.8. The molecule has 0 radical (unpaired) electrons. The highest BCUT2D eigenvalue weighted by molar-refractivity contribution is 5.95. The molecular formula is C28H24F2N4O3. The van der Waals surface area contributed by atoms with Crippen molar-refractivity contribution in [2.75, 3.05) is 6.54 Å². The normalized spacial score (nSPS) is 24.7. The Morgan fingerprint density at radius 1 is 0.973 bits per heavy atom. The molecule has 3 unspecified atom stereocenters. The van der Waals surface area contributed by atoms with Gasteiger partial charge in [0.2, 0.25) is 0 Å². The van der Waals surface area contributed by atoms with Gasteiger partial charge in [-0.3, -0.25) is 9.80 Å². The molecule has 1 aromatic heterocycles. The fourth-order valence-corrected chi connectivity index (χ4v) is 6.23. The molecule has 2 saturated heterocycles. The lowest BCUT2D eigenvalue weighted by Crippen LogP contribution is -2.65. The van der Waals surface area contributed by atoms with E-state index in [4.69, 9.17) is 0 Å². The summed E-state index contributed by atoms with van der Waals surface area (Å²) in [6.45, 7) is 0.490. The molecule has 9 heteroatoms. The van der Waals surface area contributed by atoms with Crippen LogP contribution in [0.1, 0.15) is 36.4 Å². The second-order valence-electron chi connectivity index (χ2n) is 9.77. The first-order chi connectivity index (χ1) is 18.0. The quantitative estimate of drug-likeness (QED) is 0.518. The molecule has 4 aliphatic rings. The van der Waals surface area contributed by atoms with E-state index in [0.29, 0.717) is 24.2 Å². The summed E-state index contributed by atoms with van der Waals surface area (Å²) >= 11 is 0. The maximum Gasteiger partial charge on any atom is 0.276 e. The van der Waals surface area contributed by atoms with E-state index < -0.39 is 35.7 Å². The summed E-state index contributed by atoms with van der Waals surface area (Å²) in [5.41, 5.74) is 2.84. The Morgan fingerprint density at radius 3 is 2.68 bits per heavy atom. The number of para-hydroxylation sites is 1. The SMILES string of the molecule is O=C1C2=C(O)C(O)C=CN2N(C2c3ccccc3-n3cccc3-c3c2ccc(F)c3F)C2CCCCN12. The van der Waals surface area contributed by atoms with Gasteiger partial charge in [0.05, 0.1) is 17.4 Å². The predicted octanol–water partition coefficient (Wildman–Crippen LogP) is 4.35. The second-order valence-corrected chi connectivity index (χ2v) is 9.77. The molecule has 2 fully saturated rings. The lowest BCUT2D eigenvalue weighted by Gasteiger charge is -2.55. The third-order valence-corrected chi connectivity index (χ3v) is 7.83. The van der Waals surface area contributed by atoms with Gasteiger partial charge in [-0.15, -0.1) is 0 Å². The van der Waals surface area contributed by atoms with Crippen LogP contribution < -0.4 is 0 Å². The fraction of sp³-hybridized carbons (Fsp3) is 0.250. The van der Waals surface area contributed by atoms with Crippen LogP contribution in [0.3, 0.4) is 0 Å². The number of hydrogen-bond acceptors (Lipinski definition) is 5. The van der Waals surface area contributed by atoms with Crippen LogP contribution in [-0.4, -0.2) is 54.4 Å². The Balaban J connectivity index is 1.54. The average molecular weight is 503 g/mol. The van der Waals surface area contributed by atoms with Gasteiger partial charge >= 0.3 is 0 Å². The lowest BCUT2D eigenvalue weighted by molar-refractivity contribution is -0.172. The van der Waals surface area contributed by atoms with Crippen LogP contribution >= 0.6 is 0 Å². The molecule has 0 spiro atoms. The Kier molecular flexibility index (Phi) is 4.83. The molecule has 0 saturated carbocycles. The van der Waals surface area contributed by atoms with Gasteiger partial charge in [0.1, 0.15) is 12.3 Å². The van der Waals surface area contributed by atoms with Crippen molar-refractivity contribution in [3.8, 4) is 16.9 Å². The van der Waals surface area contributed by atoms with Crippen molar-refractivity contribution in [2.24, 2.45) is 0 Å². The summed E-state index contributed by atoms with van der Waals surface area (Å²) < 4.78 is 32.2. The van der Waals surface area contributed by atoms with Gasteiger partial charge in [-0.05, 0) is 60.7 Å². The molecule has 0 aliphatic carbocycles. The summed E-state index contributed by atoms with van der Waals surface area (Å²) in [6.07, 6.45) is 5.48. The molecule has 2 aromatic carbocycles. The van der Waals surface area contributed by atoms with Crippen LogP contribution in [0.4, 0.5) is 8.78 Å². The number of hydrazine groups is 1. The van der Waals surface area contributed by atoms with E-state index in [2.05, 4.69) is 0 Å². The van der Waals surface area contributed by atoms with E-state index in [1.807, 2.05) is 40.0 Å². The molecular weight excluding hydrogens is 478 g/mol. The van der Waals surface area contributed by atoms with Gasteiger partial charge in [0.25, 0.3) is 5.91 Å². The minimum atomic E-state index is -1.31. The van der Waals surface area contributed by atoms with E-state index in [-0.39, 0.29) is 17.2 Å². The van der Waals surface area contributed by atoms with Crippen molar-refractivity contribution in [1.82, 2.24) is 19.5 Å². The van der Waals surface area contributed by atoms with E-state index >= 15 is 4.39 Å². The second kappa shape index (κ2) is 8.03. The molecule has 2 N–H and O–H groups in total. The molecule has 7 rings (SSSR count). The number of fused-ring (bicyclic) bond motifs is 7. The Bertz CT molecular complexity index is 1510. The van der Waals surface area contributed by atoms with E-state index in [1.165, 1.54) is 6.08 Å². The monoisotopic (exact) mass is 502 g/mol. The number of carbonyl (C=O) groups is 1. The number of halogens is 2. The van der Waals surface area contributed by atoms with Crippen LogP contribution in [0.2, 0.25) is 0 Å². The van der Waals surface area contributed by atoms with Crippen molar-refractivity contribution in [1.29, 1.82) is 0 Å². The van der Waals surface area contributed by atoms with Gasteiger partial charge in [0.15, 0.2) is 23.1 Å². The van der Waals surface area contributed by atoms with Crippen LogP contribution in [0, 0.1) is 11.6 Å². The number of amides is 1. The fourth-order valence-electron chi connectivity index (χ4n) is 6.23. The molecule has 0 bridgehead atoms. The highest BCUT2D eigenvalue weighted by Gasteiger charge is 2.50. The molecule has 5 heterocycles. The van der Waals surface area contributed by atoms with Crippen LogP contribution in [0.5, 0.6) is 0 Å². The topological polar surface area (TPSA) is 72.2 Å². The number of aliphatic hydroxyl groups is 2. The van der Waals surface area contributed by atoms with Crippen molar-refractivity contribution < 1.29 is 23.8 Å². The lowest BCUT2D eigenvalue weighted by atomic mass is 9.90. The number of aromatic nitrogens is 1. The summed E-state index contributed by atoms with van der Waals surface area (Å²) in [5, 5.41) is 24.7. The number of aliphatic hydroxyl groups excluding tert-OH is 2. The smallest absolute Gasteiger partial charge is 0.276 e. The first-order valence-electron chi connectivity index (χ1n) is 12.4. The van der Waals surface area contributed by atoms with Crippen LogP contribution in [0.25, 0.3) is 16.9 Å². The largest absolute Gasteiger partial charge is 0.507 e. The Labute approximate surface area is 211 Å². The number of benzene rings is 2. The Morgan fingerprint density at radius 2 is 1.81 bits per heavy atom. The number of carbonyl (C=O) groups excluding carboxylic acids is 1. The van der Waals surface area contributed by atoms with Crippen molar-refractivity contribution in [2.45, 2.75) is 37.6 Å². The molecule has 3 atom stereocenters. The van der Waals surface area contributed by atoms with Crippen LogP contribution in [0.15, 0.2) is 78.5 Å². The molecule has 4 aliphatic heterocycles. The van der Waals surface area contributed by atoms with Crippen molar-refractivity contribution >= 4 is 5.91 Å². The third-order valence-electron chi connectivity index (χ3n) is 7.83. The summed E-state index contributed by atoms with van der Waals surface area (Å²) in [5.74, 6) is -2.67. The molecule has 188 valence electrons. The van der Waals surface area contributed by atoms with Gasteiger partial charge < -0.3 is 19.7 Å². The number of nitrogens with zero attached hydrogens (tertiary/aromatic N) is 4. The molecule has 3 aromatic rings. The first-order valence-corrected chi connectivity index (χ1v) is 12.4.